The number of benzene rings is 1. The Labute approximate surface area is 94.6 Å². The fraction of sp³-hybridized carbons (Fsp3) is 0.455. The van der Waals surface area contributed by atoms with E-state index in [1.165, 1.54) is 0 Å². The normalized spacial score (nSPS) is 14.7. The van der Waals surface area contributed by atoms with E-state index < -0.39 is 0 Å². The molecule has 1 rings (SSSR count). The van der Waals surface area contributed by atoms with Crippen LogP contribution in [0.15, 0.2) is 23.1 Å². The van der Waals surface area contributed by atoms with Gasteiger partial charge in [0.1, 0.15) is 5.75 Å². The molecule has 0 saturated heterocycles. The monoisotopic (exact) mass is 227 g/mol. The Bertz CT molecular complexity index is 328. The highest BCUT2D eigenvalue weighted by Gasteiger charge is 2.12. The van der Waals surface area contributed by atoms with Crippen LogP contribution in [0.5, 0.6) is 5.75 Å². The average Bonchev–Trinajstić information content (AvgIpc) is 2.21. The van der Waals surface area contributed by atoms with Crippen molar-refractivity contribution >= 4 is 17.4 Å². The predicted molar refractivity (Wildman–Crippen MR) is 64.4 cm³/mol. The molecule has 0 aromatic heterocycles. The van der Waals surface area contributed by atoms with E-state index in [0.717, 1.165) is 10.6 Å². The molecule has 0 saturated carbocycles. The van der Waals surface area contributed by atoms with Crippen LogP contribution >= 0.6 is 11.8 Å². The number of rotatable bonds is 4. The van der Waals surface area contributed by atoms with Crippen LogP contribution < -0.4 is 10.5 Å². The number of ether oxygens (including phenoxy) is 1. The molecule has 0 aliphatic carbocycles. The number of aliphatic hydroxyl groups excluding tert-OH is 1. The Hall–Kier alpha value is -0.870. The molecule has 0 bridgehead atoms. The van der Waals surface area contributed by atoms with Gasteiger partial charge in [-0.3, -0.25) is 0 Å². The summed E-state index contributed by atoms with van der Waals surface area (Å²) in [5.74, 6) is 0.782. The number of nitrogens with two attached hydrogens (primary N) is 1. The van der Waals surface area contributed by atoms with Crippen molar-refractivity contribution in [2.45, 2.75) is 30.1 Å². The second kappa shape index (κ2) is 5.28. The van der Waals surface area contributed by atoms with Crippen LogP contribution in [0.3, 0.4) is 0 Å². The number of methoxy groups -OCH3 is 1. The van der Waals surface area contributed by atoms with Crippen LogP contribution in [0.4, 0.5) is 5.69 Å². The maximum Gasteiger partial charge on any atom is 0.120 e. The van der Waals surface area contributed by atoms with Gasteiger partial charge in [0.2, 0.25) is 0 Å². The first-order chi connectivity index (χ1) is 7.04. The third-order valence-corrected chi connectivity index (χ3v) is 3.59. The second-order valence-electron chi connectivity index (χ2n) is 3.47. The molecule has 1 aromatic carbocycles. The third-order valence-electron chi connectivity index (χ3n) is 2.21. The van der Waals surface area contributed by atoms with Crippen LogP contribution in [0.25, 0.3) is 0 Å². The zero-order chi connectivity index (χ0) is 11.4. The molecule has 0 aliphatic heterocycles. The molecule has 0 amide bonds. The highest BCUT2D eigenvalue weighted by molar-refractivity contribution is 8.00. The first-order valence-corrected chi connectivity index (χ1v) is 5.70. The number of hydrogen-bond acceptors (Lipinski definition) is 4. The summed E-state index contributed by atoms with van der Waals surface area (Å²) in [7, 11) is 1.62. The number of aliphatic hydroxyl groups is 1. The number of nitrogen functional groups attached to an aromatic ring is 1. The Morgan fingerprint density at radius 2 is 2.07 bits per heavy atom. The first kappa shape index (κ1) is 12.2. The van der Waals surface area contributed by atoms with E-state index in [1.807, 2.05) is 25.1 Å². The molecule has 1 aromatic rings. The topological polar surface area (TPSA) is 55.5 Å². The van der Waals surface area contributed by atoms with Crippen LogP contribution in [-0.4, -0.2) is 23.6 Å². The Balaban J connectivity index is 2.83. The smallest absolute Gasteiger partial charge is 0.120 e. The maximum atomic E-state index is 9.41. The largest absolute Gasteiger partial charge is 0.497 e. The molecule has 0 fully saturated rings. The third kappa shape index (κ3) is 3.32. The number of anilines is 1. The highest BCUT2D eigenvalue weighted by atomic mass is 32.2. The molecule has 0 radical (unpaired) electrons. The first-order valence-electron chi connectivity index (χ1n) is 4.83. The fourth-order valence-corrected chi connectivity index (χ4v) is 2.03. The minimum Gasteiger partial charge on any atom is -0.497 e. The summed E-state index contributed by atoms with van der Waals surface area (Å²) in [6.07, 6.45) is -0.361. The lowest BCUT2D eigenvalue weighted by molar-refractivity contribution is 0.196. The van der Waals surface area contributed by atoms with Crippen molar-refractivity contribution in [2.75, 3.05) is 12.8 Å². The van der Waals surface area contributed by atoms with Gasteiger partial charge in [0.15, 0.2) is 0 Å². The van der Waals surface area contributed by atoms with Crippen LogP contribution in [0.1, 0.15) is 13.8 Å². The van der Waals surface area contributed by atoms with Crippen molar-refractivity contribution in [1.29, 1.82) is 0 Å². The summed E-state index contributed by atoms with van der Waals surface area (Å²) in [5.41, 5.74) is 6.55. The van der Waals surface area contributed by atoms with Crippen molar-refractivity contribution in [2.24, 2.45) is 0 Å². The van der Waals surface area contributed by atoms with Gasteiger partial charge in [-0.15, -0.1) is 11.8 Å². The zero-order valence-electron chi connectivity index (χ0n) is 9.23. The molecule has 3 nitrogen and oxygen atoms in total. The van der Waals surface area contributed by atoms with Crippen molar-refractivity contribution < 1.29 is 9.84 Å². The van der Waals surface area contributed by atoms with Gasteiger partial charge in [0, 0.05) is 15.8 Å². The van der Waals surface area contributed by atoms with Gasteiger partial charge in [0.25, 0.3) is 0 Å². The zero-order valence-corrected chi connectivity index (χ0v) is 10.0. The number of hydrogen-bond donors (Lipinski definition) is 2. The Morgan fingerprint density at radius 1 is 1.40 bits per heavy atom. The lowest BCUT2D eigenvalue weighted by atomic mass is 10.3. The SMILES string of the molecule is COc1ccc(N)c(SC(C)C(C)O)c1. The molecule has 84 valence electrons. The quantitative estimate of drug-likeness (QED) is 0.611. The van der Waals surface area contributed by atoms with Gasteiger partial charge in [-0.25, -0.2) is 0 Å². The molecular weight excluding hydrogens is 210 g/mol. The lowest BCUT2D eigenvalue weighted by Gasteiger charge is -2.15. The summed E-state index contributed by atoms with van der Waals surface area (Å²) < 4.78 is 5.12. The minimum atomic E-state index is -0.361. The lowest BCUT2D eigenvalue weighted by Crippen LogP contribution is -2.15. The van der Waals surface area contributed by atoms with E-state index >= 15 is 0 Å². The summed E-state index contributed by atoms with van der Waals surface area (Å²) in [4.78, 5) is 0.947. The molecule has 3 N–H and O–H groups in total. The van der Waals surface area contributed by atoms with Gasteiger partial charge in [-0.2, -0.15) is 0 Å². The molecule has 2 atom stereocenters. The molecule has 2 unspecified atom stereocenters. The molecule has 0 spiro atoms. The summed E-state index contributed by atoms with van der Waals surface area (Å²) in [6, 6.07) is 5.53. The minimum absolute atomic E-state index is 0.111. The predicted octanol–water partition coefficient (Wildman–Crippen LogP) is 2.14. The Kier molecular flexibility index (Phi) is 4.29. The van der Waals surface area contributed by atoms with E-state index in [0.29, 0.717) is 5.69 Å². The van der Waals surface area contributed by atoms with E-state index in [9.17, 15) is 5.11 Å². The Morgan fingerprint density at radius 3 is 2.60 bits per heavy atom. The summed E-state index contributed by atoms with van der Waals surface area (Å²) >= 11 is 1.55. The van der Waals surface area contributed by atoms with Gasteiger partial charge in [-0.1, -0.05) is 6.92 Å². The number of thioether (sulfide) groups is 1. The molecule has 4 heteroatoms. The van der Waals surface area contributed by atoms with Crippen LogP contribution in [0.2, 0.25) is 0 Å². The van der Waals surface area contributed by atoms with Gasteiger partial charge < -0.3 is 15.6 Å². The van der Waals surface area contributed by atoms with Crippen molar-refractivity contribution in [3.63, 3.8) is 0 Å². The average molecular weight is 227 g/mol. The summed E-state index contributed by atoms with van der Waals surface area (Å²) in [6.45, 7) is 3.74. The molecule has 0 heterocycles. The van der Waals surface area contributed by atoms with E-state index in [1.54, 1.807) is 25.8 Å². The van der Waals surface area contributed by atoms with E-state index in [2.05, 4.69) is 0 Å². The highest BCUT2D eigenvalue weighted by Crippen LogP contribution is 2.32. The van der Waals surface area contributed by atoms with Crippen molar-refractivity contribution in [1.82, 2.24) is 0 Å². The van der Waals surface area contributed by atoms with Crippen LogP contribution in [0, 0.1) is 0 Å². The van der Waals surface area contributed by atoms with Gasteiger partial charge in [0.05, 0.1) is 13.2 Å². The van der Waals surface area contributed by atoms with Crippen LogP contribution in [-0.2, 0) is 0 Å². The standard InChI is InChI=1S/C11H17NO2S/c1-7(13)8(2)15-11-6-9(14-3)4-5-10(11)12/h4-8,13H,12H2,1-3H3. The molecule has 0 aliphatic rings. The molecular formula is C11H17NO2S. The summed E-state index contributed by atoms with van der Waals surface area (Å²) in [5, 5.41) is 9.52. The molecule has 15 heavy (non-hydrogen) atoms. The van der Waals surface area contributed by atoms with E-state index in [4.69, 9.17) is 10.5 Å². The van der Waals surface area contributed by atoms with Gasteiger partial charge in [-0.05, 0) is 25.1 Å². The van der Waals surface area contributed by atoms with Crippen molar-refractivity contribution in [3.05, 3.63) is 18.2 Å². The second-order valence-corrected chi connectivity index (χ2v) is 4.89. The van der Waals surface area contributed by atoms with Crippen molar-refractivity contribution in [3.8, 4) is 5.75 Å². The van der Waals surface area contributed by atoms with Gasteiger partial charge >= 0.3 is 0 Å². The fourth-order valence-electron chi connectivity index (χ4n) is 1.04. The van der Waals surface area contributed by atoms with E-state index in [-0.39, 0.29) is 11.4 Å². The maximum absolute atomic E-state index is 9.41.